The molecule has 2 N–H and O–H groups in total. The van der Waals surface area contributed by atoms with Gasteiger partial charge in [-0.3, -0.25) is 4.79 Å². The molecule has 0 bridgehead atoms. The zero-order valence-electron chi connectivity index (χ0n) is 13.0. The summed E-state index contributed by atoms with van der Waals surface area (Å²) in [6, 6.07) is 27.3. The summed E-state index contributed by atoms with van der Waals surface area (Å²) in [7, 11) is 0. The smallest absolute Gasteiger partial charge is 0.255 e. The summed E-state index contributed by atoms with van der Waals surface area (Å²) in [6.07, 6.45) is 0. The van der Waals surface area contributed by atoms with Gasteiger partial charge in [0.15, 0.2) is 0 Å². The molecule has 0 unspecified atom stereocenters. The summed E-state index contributed by atoms with van der Waals surface area (Å²) < 4.78 is 0. The minimum atomic E-state index is -0.112. The Morgan fingerprint density at radius 3 is 2.33 bits per heavy atom. The molecule has 3 heteroatoms. The Morgan fingerprint density at radius 2 is 1.50 bits per heavy atom. The minimum Gasteiger partial charge on any atom is -0.354 e. The lowest BCUT2D eigenvalue weighted by Gasteiger charge is -2.10. The topological polar surface area (TPSA) is 44.9 Å². The molecule has 24 heavy (non-hydrogen) atoms. The molecule has 4 aromatic rings. The Kier molecular flexibility index (Phi) is 3.60. The van der Waals surface area contributed by atoms with Crippen LogP contribution < -0.4 is 5.32 Å². The van der Waals surface area contributed by atoms with Crippen LogP contribution >= 0.6 is 0 Å². The van der Waals surface area contributed by atoms with Crippen LogP contribution in [0.3, 0.4) is 0 Å². The lowest BCUT2D eigenvalue weighted by molar-refractivity contribution is 0.102. The molecule has 0 aliphatic rings. The van der Waals surface area contributed by atoms with E-state index in [-0.39, 0.29) is 5.91 Å². The number of benzene rings is 3. The van der Waals surface area contributed by atoms with Crippen molar-refractivity contribution in [3.63, 3.8) is 0 Å². The van der Waals surface area contributed by atoms with Crippen molar-refractivity contribution in [2.75, 3.05) is 5.32 Å². The van der Waals surface area contributed by atoms with Crippen molar-refractivity contribution in [1.29, 1.82) is 0 Å². The average molecular weight is 312 g/mol. The van der Waals surface area contributed by atoms with E-state index in [1.807, 2.05) is 60.7 Å². The zero-order valence-corrected chi connectivity index (χ0v) is 13.0. The number of anilines is 1. The number of para-hydroxylation sites is 2. The number of carbonyl (C=O) groups excluding carboxylic acids is 1. The van der Waals surface area contributed by atoms with Gasteiger partial charge in [-0.2, -0.15) is 0 Å². The fourth-order valence-electron chi connectivity index (χ4n) is 2.83. The third kappa shape index (κ3) is 2.68. The SMILES string of the molecule is O=C(Nc1ccccc1-c1cc2ccccc2[nH]1)c1ccccc1. The van der Waals surface area contributed by atoms with Crippen LogP contribution in [-0.4, -0.2) is 10.9 Å². The molecule has 0 saturated carbocycles. The molecule has 4 rings (SSSR count). The molecule has 0 saturated heterocycles. The second-order valence-corrected chi connectivity index (χ2v) is 5.64. The van der Waals surface area contributed by atoms with Crippen LogP contribution in [0.15, 0.2) is 84.9 Å². The van der Waals surface area contributed by atoms with E-state index in [1.54, 1.807) is 12.1 Å². The van der Waals surface area contributed by atoms with Crippen LogP contribution in [0, 0.1) is 0 Å². The van der Waals surface area contributed by atoms with Gasteiger partial charge in [-0.1, -0.05) is 54.6 Å². The first-order valence-electron chi connectivity index (χ1n) is 7.85. The first-order valence-corrected chi connectivity index (χ1v) is 7.85. The monoisotopic (exact) mass is 312 g/mol. The van der Waals surface area contributed by atoms with Gasteiger partial charge in [0.1, 0.15) is 0 Å². The number of aromatic amines is 1. The fraction of sp³-hybridized carbons (Fsp3) is 0. The average Bonchev–Trinajstić information content (AvgIpc) is 3.07. The van der Waals surface area contributed by atoms with Gasteiger partial charge >= 0.3 is 0 Å². The lowest BCUT2D eigenvalue weighted by Crippen LogP contribution is -2.12. The maximum atomic E-state index is 12.4. The van der Waals surface area contributed by atoms with Gasteiger partial charge in [0.25, 0.3) is 5.91 Å². The Balaban J connectivity index is 1.71. The van der Waals surface area contributed by atoms with Crippen LogP contribution in [0.2, 0.25) is 0 Å². The van der Waals surface area contributed by atoms with E-state index in [4.69, 9.17) is 0 Å². The number of fused-ring (bicyclic) bond motifs is 1. The highest BCUT2D eigenvalue weighted by Gasteiger charge is 2.11. The summed E-state index contributed by atoms with van der Waals surface area (Å²) >= 11 is 0. The van der Waals surface area contributed by atoms with E-state index in [0.717, 1.165) is 27.8 Å². The number of hydrogen-bond donors (Lipinski definition) is 2. The fourth-order valence-corrected chi connectivity index (χ4v) is 2.83. The molecule has 1 amide bonds. The molecule has 0 atom stereocenters. The highest BCUT2D eigenvalue weighted by Crippen LogP contribution is 2.30. The highest BCUT2D eigenvalue weighted by molar-refractivity contribution is 6.06. The standard InChI is InChI=1S/C21H16N2O/c24-21(15-8-2-1-3-9-15)23-19-13-7-5-11-17(19)20-14-16-10-4-6-12-18(16)22-20/h1-14,22H,(H,23,24). The molecule has 0 spiro atoms. The van der Waals surface area contributed by atoms with Gasteiger partial charge in [0, 0.05) is 27.7 Å². The van der Waals surface area contributed by atoms with Crippen LogP contribution in [0.5, 0.6) is 0 Å². The summed E-state index contributed by atoms with van der Waals surface area (Å²) in [6.45, 7) is 0. The summed E-state index contributed by atoms with van der Waals surface area (Å²) in [5.41, 5.74) is 4.47. The van der Waals surface area contributed by atoms with E-state index in [1.165, 1.54) is 0 Å². The maximum Gasteiger partial charge on any atom is 0.255 e. The van der Waals surface area contributed by atoms with Crippen molar-refractivity contribution in [1.82, 2.24) is 4.98 Å². The van der Waals surface area contributed by atoms with Gasteiger partial charge in [-0.25, -0.2) is 0 Å². The molecule has 0 radical (unpaired) electrons. The molecule has 0 aliphatic heterocycles. The van der Waals surface area contributed by atoms with E-state index < -0.39 is 0 Å². The van der Waals surface area contributed by atoms with E-state index in [9.17, 15) is 4.79 Å². The van der Waals surface area contributed by atoms with Crippen molar-refractivity contribution in [3.05, 3.63) is 90.5 Å². The summed E-state index contributed by atoms with van der Waals surface area (Å²) in [5.74, 6) is -0.112. The summed E-state index contributed by atoms with van der Waals surface area (Å²) in [5, 5.41) is 4.16. The molecule has 0 fully saturated rings. The summed E-state index contributed by atoms with van der Waals surface area (Å²) in [4.78, 5) is 15.9. The van der Waals surface area contributed by atoms with Gasteiger partial charge in [-0.05, 0) is 30.3 Å². The predicted molar refractivity (Wildman–Crippen MR) is 98.1 cm³/mol. The zero-order chi connectivity index (χ0) is 16.4. The van der Waals surface area contributed by atoms with Crippen molar-refractivity contribution in [2.24, 2.45) is 0 Å². The Labute approximate surface area is 140 Å². The number of aromatic nitrogens is 1. The van der Waals surface area contributed by atoms with Gasteiger partial charge in [-0.15, -0.1) is 0 Å². The maximum absolute atomic E-state index is 12.4. The quantitative estimate of drug-likeness (QED) is 0.544. The second-order valence-electron chi connectivity index (χ2n) is 5.64. The van der Waals surface area contributed by atoms with Crippen molar-refractivity contribution >= 4 is 22.5 Å². The van der Waals surface area contributed by atoms with Crippen molar-refractivity contribution < 1.29 is 4.79 Å². The first kappa shape index (κ1) is 14.3. The van der Waals surface area contributed by atoms with E-state index >= 15 is 0 Å². The Hall–Kier alpha value is -3.33. The lowest BCUT2D eigenvalue weighted by atomic mass is 10.1. The molecule has 0 aliphatic carbocycles. The van der Waals surface area contributed by atoms with Crippen molar-refractivity contribution in [3.8, 4) is 11.3 Å². The highest BCUT2D eigenvalue weighted by atomic mass is 16.1. The number of rotatable bonds is 3. The van der Waals surface area contributed by atoms with Crippen LogP contribution in [0.25, 0.3) is 22.2 Å². The van der Waals surface area contributed by atoms with Crippen molar-refractivity contribution in [2.45, 2.75) is 0 Å². The third-order valence-electron chi connectivity index (χ3n) is 4.03. The molecule has 3 nitrogen and oxygen atoms in total. The number of hydrogen-bond acceptors (Lipinski definition) is 1. The van der Waals surface area contributed by atoms with Crippen LogP contribution in [0.4, 0.5) is 5.69 Å². The van der Waals surface area contributed by atoms with E-state index in [2.05, 4.69) is 22.4 Å². The molecular formula is C21H16N2O. The number of carbonyl (C=O) groups is 1. The Morgan fingerprint density at radius 1 is 0.792 bits per heavy atom. The van der Waals surface area contributed by atoms with E-state index in [0.29, 0.717) is 5.56 Å². The molecule has 1 aromatic heterocycles. The second kappa shape index (κ2) is 6.05. The normalized spacial score (nSPS) is 10.7. The third-order valence-corrected chi connectivity index (χ3v) is 4.03. The number of H-pyrrole nitrogens is 1. The van der Waals surface area contributed by atoms with Gasteiger partial charge in [0.2, 0.25) is 0 Å². The molecule has 1 heterocycles. The van der Waals surface area contributed by atoms with Gasteiger partial charge < -0.3 is 10.3 Å². The molecule has 116 valence electrons. The first-order chi connectivity index (χ1) is 11.8. The largest absolute Gasteiger partial charge is 0.354 e. The van der Waals surface area contributed by atoms with Crippen LogP contribution in [0.1, 0.15) is 10.4 Å². The predicted octanol–water partition coefficient (Wildman–Crippen LogP) is 5.09. The minimum absolute atomic E-state index is 0.112. The molecule has 3 aromatic carbocycles. The molecular weight excluding hydrogens is 296 g/mol. The van der Waals surface area contributed by atoms with Crippen LogP contribution in [-0.2, 0) is 0 Å². The van der Waals surface area contributed by atoms with Gasteiger partial charge in [0.05, 0.1) is 5.69 Å². The number of nitrogens with one attached hydrogen (secondary N) is 2. The Bertz CT molecular complexity index is 969. The number of amides is 1.